The summed E-state index contributed by atoms with van der Waals surface area (Å²) in [5.41, 5.74) is 2.18. The summed E-state index contributed by atoms with van der Waals surface area (Å²) in [5.74, 6) is 0.479. The molecule has 0 aliphatic carbocycles. The second-order valence-corrected chi connectivity index (χ2v) is 6.66. The highest BCUT2D eigenvalue weighted by Gasteiger charge is 2.57. The van der Waals surface area contributed by atoms with E-state index in [1.54, 1.807) is 0 Å². The zero-order chi connectivity index (χ0) is 14.4. The molecular formula is C18H24O2. The Balaban J connectivity index is 1.71. The second-order valence-electron chi connectivity index (χ2n) is 6.66. The van der Waals surface area contributed by atoms with Gasteiger partial charge in [-0.3, -0.25) is 0 Å². The molecule has 0 spiro atoms. The number of benzene rings is 1. The van der Waals surface area contributed by atoms with Gasteiger partial charge in [0, 0.05) is 6.42 Å². The van der Waals surface area contributed by atoms with Crippen LogP contribution in [-0.2, 0) is 16.1 Å². The van der Waals surface area contributed by atoms with Crippen LogP contribution in [0.1, 0.15) is 38.3 Å². The second kappa shape index (κ2) is 4.71. The molecule has 1 aromatic carbocycles. The molecule has 2 aliphatic rings. The van der Waals surface area contributed by atoms with E-state index in [0.29, 0.717) is 12.5 Å². The summed E-state index contributed by atoms with van der Waals surface area (Å²) < 4.78 is 12.5. The van der Waals surface area contributed by atoms with Crippen molar-refractivity contribution in [3.63, 3.8) is 0 Å². The topological polar surface area (TPSA) is 18.5 Å². The number of ether oxygens (including phenoxy) is 2. The molecule has 1 aromatic rings. The van der Waals surface area contributed by atoms with E-state index in [1.807, 2.05) is 0 Å². The molecule has 0 N–H and O–H groups in total. The number of fused-ring (bicyclic) bond motifs is 2. The minimum absolute atomic E-state index is 0.120. The minimum Gasteiger partial charge on any atom is -0.370 e. The smallest absolute Gasteiger partial charge is 0.111 e. The van der Waals surface area contributed by atoms with Crippen LogP contribution in [0.15, 0.2) is 36.4 Å². The van der Waals surface area contributed by atoms with E-state index in [0.717, 1.165) is 6.42 Å². The molecule has 2 aliphatic heterocycles. The molecule has 2 heterocycles. The average Bonchev–Trinajstić information content (AvgIpc) is 2.90. The van der Waals surface area contributed by atoms with E-state index < -0.39 is 0 Å². The summed E-state index contributed by atoms with van der Waals surface area (Å²) in [6.07, 6.45) is 5.54. The Morgan fingerprint density at radius 1 is 1.30 bits per heavy atom. The predicted octanol–water partition coefficient (Wildman–Crippen LogP) is 4.02. The van der Waals surface area contributed by atoms with Gasteiger partial charge in [-0.05, 0) is 30.9 Å². The summed E-state index contributed by atoms with van der Waals surface area (Å²) >= 11 is 0. The van der Waals surface area contributed by atoms with Crippen LogP contribution in [0.4, 0.5) is 0 Å². The van der Waals surface area contributed by atoms with Gasteiger partial charge in [0.1, 0.15) is 5.60 Å². The first kappa shape index (κ1) is 13.8. The molecule has 2 heteroatoms. The predicted molar refractivity (Wildman–Crippen MR) is 80.6 cm³/mol. The van der Waals surface area contributed by atoms with Gasteiger partial charge in [-0.1, -0.05) is 50.3 Å². The SMILES string of the molecule is Cc1ccccc1CO[C@@H]1C[C@@]2(C(C)C)C=C[C@]1(C)O2. The lowest BCUT2D eigenvalue weighted by molar-refractivity contribution is -0.0820. The van der Waals surface area contributed by atoms with E-state index in [9.17, 15) is 0 Å². The van der Waals surface area contributed by atoms with Crippen molar-refractivity contribution in [2.75, 3.05) is 0 Å². The average molecular weight is 272 g/mol. The number of rotatable bonds is 4. The number of hydrogen-bond acceptors (Lipinski definition) is 2. The van der Waals surface area contributed by atoms with E-state index in [1.165, 1.54) is 11.1 Å². The van der Waals surface area contributed by atoms with Crippen molar-refractivity contribution in [2.45, 2.75) is 58.0 Å². The van der Waals surface area contributed by atoms with Gasteiger partial charge in [-0.25, -0.2) is 0 Å². The van der Waals surface area contributed by atoms with Crippen LogP contribution in [0.25, 0.3) is 0 Å². The van der Waals surface area contributed by atoms with Gasteiger partial charge in [0.25, 0.3) is 0 Å². The van der Waals surface area contributed by atoms with Crippen LogP contribution < -0.4 is 0 Å². The number of aryl methyl sites for hydroxylation is 1. The molecule has 2 nitrogen and oxygen atoms in total. The highest BCUT2D eigenvalue weighted by molar-refractivity contribution is 5.28. The third-order valence-electron chi connectivity index (χ3n) is 4.93. The fourth-order valence-corrected chi connectivity index (χ4v) is 3.29. The van der Waals surface area contributed by atoms with Crippen LogP contribution in [0, 0.1) is 12.8 Å². The molecule has 3 atom stereocenters. The first-order chi connectivity index (χ1) is 9.45. The van der Waals surface area contributed by atoms with Crippen LogP contribution in [0.3, 0.4) is 0 Å². The quantitative estimate of drug-likeness (QED) is 0.771. The molecule has 0 aromatic heterocycles. The summed E-state index contributed by atoms with van der Waals surface area (Å²) in [5, 5.41) is 0. The van der Waals surface area contributed by atoms with Gasteiger partial charge in [0.2, 0.25) is 0 Å². The molecule has 0 unspecified atom stereocenters. The van der Waals surface area contributed by atoms with Crippen LogP contribution in [-0.4, -0.2) is 17.3 Å². The Kier molecular flexibility index (Phi) is 3.26. The maximum Gasteiger partial charge on any atom is 0.111 e. The molecule has 0 saturated carbocycles. The van der Waals surface area contributed by atoms with Crippen molar-refractivity contribution in [1.29, 1.82) is 0 Å². The summed E-state index contributed by atoms with van der Waals surface area (Å²) in [7, 11) is 0. The first-order valence-electron chi connectivity index (χ1n) is 7.52. The van der Waals surface area contributed by atoms with Gasteiger partial charge >= 0.3 is 0 Å². The highest BCUT2D eigenvalue weighted by atomic mass is 16.6. The summed E-state index contributed by atoms with van der Waals surface area (Å²) in [4.78, 5) is 0. The lowest BCUT2D eigenvalue weighted by Gasteiger charge is -2.27. The Hall–Kier alpha value is -1.12. The maximum atomic E-state index is 6.30. The molecule has 1 saturated heterocycles. The van der Waals surface area contributed by atoms with Crippen molar-refractivity contribution < 1.29 is 9.47 Å². The molecule has 3 rings (SSSR count). The lowest BCUT2D eigenvalue weighted by atomic mass is 9.81. The van der Waals surface area contributed by atoms with Crippen LogP contribution in [0.2, 0.25) is 0 Å². The Labute approximate surface area is 121 Å². The molecule has 1 fully saturated rings. The van der Waals surface area contributed by atoms with Gasteiger partial charge in [-0.15, -0.1) is 0 Å². The molecule has 108 valence electrons. The van der Waals surface area contributed by atoms with E-state index in [-0.39, 0.29) is 17.3 Å². The fourth-order valence-electron chi connectivity index (χ4n) is 3.29. The Morgan fingerprint density at radius 3 is 2.70 bits per heavy atom. The molecule has 20 heavy (non-hydrogen) atoms. The van der Waals surface area contributed by atoms with Crippen molar-refractivity contribution in [1.82, 2.24) is 0 Å². The summed E-state index contributed by atoms with van der Waals surface area (Å²) in [6.45, 7) is 9.38. The van der Waals surface area contributed by atoms with Crippen LogP contribution >= 0.6 is 0 Å². The first-order valence-corrected chi connectivity index (χ1v) is 7.52. The normalized spacial score (nSPS) is 35.1. The van der Waals surface area contributed by atoms with E-state index in [2.05, 4.69) is 64.1 Å². The maximum absolute atomic E-state index is 6.30. The van der Waals surface area contributed by atoms with Gasteiger partial charge in [0.15, 0.2) is 0 Å². The Morgan fingerprint density at radius 2 is 2.05 bits per heavy atom. The third kappa shape index (κ3) is 2.11. The standard InChI is InChI=1S/C18H24O2/c1-13(2)18-10-9-17(4,20-18)16(11-18)19-12-15-8-6-5-7-14(15)3/h5-10,13,16H,11-12H2,1-4H3/t16-,17+,18-/m1/s1. The van der Waals surface area contributed by atoms with Crippen molar-refractivity contribution in [2.24, 2.45) is 5.92 Å². The van der Waals surface area contributed by atoms with Crippen molar-refractivity contribution in [3.05, 3.63) is 47.5 Å². The monoisotopic (exact) mass is 272 g/mol. The molecule has 2 bridgehead atoms. The van der Waals surface area contributed by atoms with Crippen LogP contribution in [0.5, 0.6) is 0 Å². The van der Waals surface area contributed by atoms with Gasteiger partial charge < -0.3 is 9.47 Å². The summed E-state index contributed by atoms with van der Waals surface area (Å²) in [6, 6.07) is 8.41. The minimum atomic E-state index is -0.257. The Bertz CT molecular complexity index is 534. The third-order valence-corrected chi connectivity index (χ3v) is 4.93. The molecule has 0 radical (unpaired) electrons. The molecule has 0 amide bonds. The van der Waals surface area contributed by atoms with Gasteiger partial charge in [-0.2, -0.15) is 0 Å². The van der Waals surface area contributed by atoms with E-state index in [4.69, 9.17) is 9.47 Å². The lowest BCUT2D eigenvalue weighted by Crippen LogP contribution is -2.35. The molecular weight excluding hydrogens is 248 g/mol. The van der Waals surface area contributed by atoms with E-state index >= 15 is 0 Å². The van der Waals surface area contributed by atoms with Crippen molar-refractivity contribution >= 4 is 0 Å². The highest BCUT2D eigenvalue weighted by Crippen LogP contribution is 2.50. The van der Waals surface area contributed by atoms with Crippen molar-refractivity contribution in [3.8, 4) is 0 Å². The largest absolute Gasteiger partial charge is 0.370 e. The zero-order valence-electron chi connectivity index (χ0n) is 12.8. The number of hydrogen-bond donors (Lipinski definition) is 0. The zero-order valence-corrected chi connectivity index (χ0v) is 12.8. The van der Waals surface area contributed by atoms with Gasteiger partial charge in [0.05, 0.1) is 18.3 Å². The fraction of sp³-hybridized carbons (Fsp3) is 0.556.